The molecule has 2 fully saturated rings. The molecular formula is C19H26N2O3. The molecule has 5 heteroatoms. The standard InChI is InChI=1S/C19H26N2O3/c22-18-4-2-14-9-17(3-1-15(14)10-18)20-19(23)21-11-16(12-21)13-5-7-24-8-6-13/h2,4,10,13,16-17,22H,1,3,5-9,11-12H2,(H,20,23). The fourth-order valence-electron chi connectivity index (χ4n) is 4.29. The van der Waals surface area contributed by atoms with Gasteiger partial charge < -0.3 is 20.1 Å². The van der Waals surface area contributed by atoms with E-state index in [-0.39, 0.29) is 12.1 Å². The summed E-state index contributed by atoms with van der Waals surface area (Å²) >= 11 is 0. The first-order valence-corrected chi connectivity index (χ1v) is 9.13. The summed E-state index contributed by atoms with van der Waals surface area (Å²) in [4.78, 5) is 14.4. The number of urea groups is 1. The van der Waals surface area contributed by atoms with Crippen molar-refractivity contribution in [3.63, 3.8) is 0 Å². The molecule has 2 heterocycles. The van der Waals surface area contributed by atoms with Crippen molar-refractivity contribution >= 4 is 6.03 Å². The quantitative estimate of drug-likeness (QED) is 0.875. The maximum atomic E-state index is 12.4. The predicted octanol–water partition coefficient (Wildman–Crippen LogP) is 2.32. The minimum Gasteiger partial charge on any atom is -0.508 e. The second-order valence-corrected chi connectivity index (χ2v) is 7.46. The normalized spacial score (nSPS) is 25.0. The first-order chi connectivity index (χ1) is 11.7. The number of aryl methyl sites for hydroxylation is 1. The molecule has 5 nitrogen and oxygen atoms in total. The van der Waals surface area contributed by atoms with Crippen LogP contribution in [0.5, 0.6) is 5.75 Å². The highest BCUT2D eigenvalue weighted by atomic mass is 16.5. The van der Waals surface area contributed by atoms with Crippen LogP contribution in [0.25, 0.3) is 0 Å². The average molecular weight is 330 g/mol. The number of ether oxygens (including phenoxy) is 1. The maximum absolute atomic E-state index is 12.4. The molecule has 1 aromatic carbocycles. The first kappa shape index (κ1) is 15.8. The number of fused-ring (bicyclic) bond motifs is 1. The Bertz CT molecular complexity index is 607. The first-order valence-electron chi connectivity index (χ1n) is 9.13. The molecule has 2 N–H and O–H groups in total. The lowest BCUT2D eigenvalue weighted by atomic mass is 9.81. The number of phenols is 1. The molecule has 2 amide bonds. The Labute approximate surface area is 143 Å². The molecule has 1 atom stereocenters. The van der Waals surface area contributed by atoms with Crippen molar-refractivity contribution in [2.24, 2.45) is 11.8 Å². The van der Waals surface area contributed by atoms with Crippen molar-refractivity contribution in [1.82, 2.24) is 10.2 Å². The molecule has 2 aliphatic heterocycles. The Morgan fingerprint density at radius 1 is 1.12 bits per heavy atom. The van der Waals surface area contributed by atoms with Crippen molar-refractivity contribution in [2.75, 3.05) is 26.3 Å². The number of rotatable bonds is 2. The number of carbonyl (C=O) groups excluding carboxylic acids is 1. The Morgan fingerprint density at radius 2 is 1.92 bits per heavy atom. The zero-order valence-electron chi connectivity index (χ0n) is 14.0. The van der Waals surface area contributed by atoms with Gasteiger partial charge in [0.05, 0.1) is 0 Å². The Balaban J connectivity index is 1.26. The third kappa shape index (κ3) is 3.22. The van der Waals surface area contributed by atoms with Crippen LogP contribution in [0.1, 0.15) is 30.4 Å². The summed E-state index contributed by atoms with van der Waals surface area (Å²) < 4.78 is 5.42. The third-order valence-electron chi connectivity index (χ3n) is 5.88. The lowest BCUT2D eigenvalue weighted by Gasteiger charge is -2.45. The van der Waals surface area contributed by atoms with E-state index in [0.717, 1.165) is 64.3 Å². The zero-order chi connectivity index (χ0) is 16.5. The summed E-state index contributed by atoms with van der Waals surface area (Å²) in [6.45, 7) is 3.55. The van der Waals surface area contributed by atoms with E-state index in [1.807, 2.05) is 17.0 Å². The molecule has 1 unspecified atom stereocenters. The Kier molecular flexibility index (Phi) is 4.35. The molecule has 4 rings (SSSR count). The van der Waals surface area contributed by atoms with E-state index in [1.165, 1.54) is 11.1 Å². The molecular weight excluding hydrogens is 304 g/mol. The molecule has 130 valence electrons. The van der Waals surface area contributed by atoms with Gasteiger partial charge in [-0.1, -0.05) is 6.07 Å². The molecule has 0 spiro atoms. The molecule has 2 saturated heterocycles. The van der Waals surface area contributed by atoms with Crippen LogP contribution < -0.4 is 5.32 Å². The number of benzene rings is 1. The van der Waals surface area contributed by atoms with Gasteiger partial charge in [-0.2, -0.15) is 0 Å². The predicted molar refractivity (Wildman–Crippen MR) is 91.1 cm³/mol. The number of likely N-dealkylation sites (tertiary alicyclic amines) is 1. The largest absolute Gasteiger partial charge is 0.508 e. The Morgan fingerprint density at radius 3 is 2.71 bits per heavy atom. The van der Waals surface area contributed by atoms with Crippen molar-refractivity contribution < 1.29 is 14.6 Å². The van der Waals surface area contributed by atoms with Gasteiger partial charge in [0.2, 0.25) is 0 Å². The minimum atomic E-state index is 0.0885. The molecule has 0 bridgehead atoms. The molecule has 3 aliphatic rings. The monoisotopic (exact) mass is 330 g/mol. The van der Waals surface area contributed by atoms with Crippen molar-refractivity contribution in [2.45, 2.75) is 38.1 Å². The van der Waals surface area contributed by atoms with Crippen LogP contribution in [-0.2, 0) is 17.6 Å². The van der Waals surface area contributed by atoms with E-state index in [2.05, 4.69) is 5.32 Å². The summed E-state index contributed by atoms with van der Waals surface area (Å²) in [5.41, 5.74) is 2.46. The van der Waals surface area contributed by atoms with Crippen LogP contribution >= 0.6 is 0 Å². The molecule has 0 saturated carbocycles. The minimum absolute atomic E-state index is 0.0885. The summed E-state index contributed by atoms with van der Waals surface area (Å²) in [5, 5.41) is 12.8. The van der Waals surface area contributed by atoms with Gasteiger partial charge in [-0.3, -0.25) is 0 Å². The van der Waals surface area contributed by atoms with E-state index < -0.39 is 0 Å². The van der Waals surface area contributed by atoms with Gasteiger partial charge in [0, 0.05) is 32.3 Å². The summed E-state index contributed by atoms with van der Waals surface area (Å²) in [7, 11) is 0. The summed E-state index contributed by atoms with van der Waals surface area (Å²) in [5.74, 6) is 1.72. The van der Waals surface area contributed by atoms with Crippen LogP contribution in [0, 0.1) is 11.8 Å². The number of nitrogens with zero attached hydrogens (tertiary/aromatic N) is 1. The molecule has 1 aromatic rings. The van der Waals surface area contributed by atoms with Crippen molar-refractivity contribution in [3.05, 3.63) is 29.3 Å². The van der Waals surface area contributed by atoms with Crippen LogP contribution in [0.2, 0.25) is 0 Å². The van der Waals surface area contributed by atoms with Gasteiger partial charge in [0.25, 0.3) is 0 Å². The average Bonchev–Trinajstić information content (AvgIpc) is 2.54. The van der Waals surface area contributed by atoms with E-state index in [9.17, 15) is 9.90 Å². The van der Waals surface area contributed by atoms with Crippen LogP contribution in [0.4, 0.5) is 4.79 Å². The summed E-state index contributed by atoms with van der Waals surface area (Å²) in [6.07, 6.45) is 5.01. The number of hydrogen-bond donors (Lipinski definition) is 2. The fourth-order valence-corrected chi connectivity index (χ4v) is 4.29. The highest BCUT2D eigenvalue weighted by molar-refractivity contribution is 5.75. The van der Waals surface area contributed by atoms with Crippen LogP contribution in [-0.4, -0.2) is 48.4 Å². The Hall–Kier alpha value is -1.75. The van der Waals surface area contributed by atoms with Gasteiger partial charge in [0.15, 0.2) is 0 Å². The van der Waals surface area contributed by atoms with Crippen LogP contribution in [0.15, 0.2) is 18.2 Å². The SMILES string of the molecule is O=C(NC1CCc2cc(O)ccc2C1)N1CC(C2CCOCC2)C1. The molecule has 24 heavy (non-hydrogen) atoms. The number of amides is 2. The smallest absolute Gasteiger partial charge is 0.317 e. The molecule has 1 aliphatic carbocycles. The van der Waals surface area contributed by atoms with Gasteiger partial charge in [0.1, 0.15) is 5.75 Å². The van der Waals surface area contributed by atoms with Crippen molar-refractivity contribution in [1.29, 1.82) is 0 Å². The van der Waals surface area contributed by atoms with Gasteiger partial charge in [-0.15, -0.1) is 0 Å². The highest BCUT2D eigenvalue weighted by Crippen LogP contribution is 2.31. The van der Waals surface area contributed by atoms with Gasteiger partial charge in [-0.05, 0) is 67.2 Å². The second-order valence-electron chi connectivity index (χ2n) is 7.46. The molecule has 0 radical (unpaired) electrons. The van der Waals surface area contributed by atoms with Crippen LogP contribution in [0.3, 0.4) is 0 Å². The zero-order valence-corrected chi connectivity index (χ0v) is 14.0. The van der Waals surface area contributed by atoms with E-state index in [1.54, 1.807) is 6.07 Å². The van der Waals surface area contributed by atoms with Gasteiger partial charge in [-0.25, -0.2) is 4.79 Å². The number of hydrogen-bond acceptors (Lipinski definition) is 3. The summed E-state index contributed by atoms with van der Waals surface area (Å²) in [6, 6.07) is 5.86. The van der Waals surface area contributed by atoms with E-state index >= 15 is 0 Å². The lowest BCUT2D eigenvalue weighted by Crippen LogP contribution is -2.58. The lowest BCUT2D eigenvalue weighted by molar-refractivity contribution is 0.00653. The van der Waals surface area contributed by atoms with E-state index in [0.29, 0.717) is 11.7 Å². The number of phenolic OH excluding ortho intramolecular Hbond substituents is 1. The second kappa shape index (κ2) is 6.63. The van der Waals surface area contributed by atoms with E-state index in [4.69, 9.17) is 4.74 Å². The fraction of sp³-hybridized carbons (Fsp3) is 0.632. The molecule has 0 aromatic heterocycles. The number of aromatic hydroxyl groups is 1. The third-order valence-corrected chi connectivity index (χ3v) is 5.88. The van der Waals surface area contributed by atoms with Crippen molar-refractivity contribution in [3.8, 4) is 5.75 Å². The maximum Gasteiger partial charge on any atom is 0.317 e. The van der Waals surface area contributed by atoms with Gasteiger partial charge >= 0.3 is 6.03 Å². The highest BCUT2D eigenvalue weighted by Gasteiger charge is 2.37. The topological polar surface area (TPSA) is 61.8 Å². The number of nitrogens with one attached hydrogen (secondary N) is 1. The number of carbonyl (C=O) groups is 1.